The third-order valence-electron chi connectivity index (χ3n) is 12.8. The zero-order chi connectivity index (χ0) is 51.3. The molecule has 5 aromatic carbocycles. The zero-order valence-corrected chi connectivity index (χ0v) is 43.0. The van der Waals surface area contributed by atoms with Crippen LogP contribution in [0.3, 0.4) is 0 Å². The van der Waals surface area contributed by atoms with Crippen LogP contribution in [-0.4, -0.2) is 87.6 Å². The van der Waals surface area contributed by atoms with E-state index >= 15 is 0 Å². The van der Waals surface area contributed by atoms with Gasteiger partial charge < -0.3 is 33.3 Å². The van der Waals surface area contributed by atoms with Gasteiger partial charge in [0, 0.05) is 36.9 Å². The van der Waals surface area contributed by atoms with Gasteiger partial charge in [0.2, 0.25) is 0 Å². The Hall–Kier alpha value is -6.89. The Morgan fingerprint density at radius 3 is 2.03 bits per heavy atom. The molecule has 1 unspecified atom stereocenters. The quantitative estimate of drug-likeness (QED) is 0.0345. The van der Waals surface area contributed by atoms with E-state index in [1.54, 1.807) is 32.7 Å². The molecule has 0 radical (unpaired) electrons. The number of hydrogen-bond acceptors (Lipinski definition) is 13. The van der Waals surface area contributed by atoms with E-state index in [9.17, 15) is 14.9 Å². The van der Waals surface area contributed by atoms with Crippen LogP contribution in [0.2, 0.25) is 0 Å². The molecule has 4 atom stereocenters. The van der Waals surface area contributed by atoms with Crippen LogP contribution in [0.4, 0.5) is 5.82 Å². The summed E-state index contributed by atoms with van der Waals surface area (Å²) in [7, 11) is 1.58. The minimum absolute atomic E-state index is 0.0542. The molecule has 1 aliphatic heterocycles. The number of imidazole rings is 1. The molecule has 1 N–H and O–H groups in total. The van der Waals surface area contributed by atoms with E-state index in [2.05, 4.69) is 53.7 Å². The zero-order valence-electron chi connectivity index (χ0n) is 42.1. The standard InChI is InChI=1S/C57H62N7O8P/c1-39(2)64(40(3)4)73(70-33-13-32-58)72-50-35-52(71-51(50)36-69-57(44-16-11-8-12-17-44,45-23-28-48(67-5)29-24-45)46-25-30-49(68-6)31-26-46)63-38-61-53-54(59-37-60-55(53)63)62-56(66)43-21-18-41(19-22-43)20-27-47(65)34-42-14-9-7-10-15-42/h7-12,14-19,21-26,28-31,37-40,50-52H,13,20,27,33-36H2,1-6H3,(H,59,60,62,66)/t50-,51+,52+,73?/m0/s1. The van der Waals surface area contributed by atoms with Gasteiger partial charge in [0.05, 0.1) is 52.4 Å². The molecule has 0 aliphatic carbocycles. The maximum Gasteiger partial charge on any atom is 0.259 e. The lowest BCUT2D eigenvalue weighted by Crippen LogP contribution is -2.39. The number of Topliss-reactive ketones (excluding diaryl/α,β-unsaturated/α-hetero) is 1. The molecule has 1 saturated heterocycles. The molecule has 7 aromatic rings. The number of nitriles is 1. The predicted molar refractivity (Wildman–Crippen MR) is 280 cm³/mol. The third kappa shape index (κ3) is 12.5. The Morgan fingerprint density at radius 1 is 0.808 bits per heavy atom. The van der Waals surface area contributed by atoms with Crippen LogP contribution in [0.15, 0.2) is 146 Å². The summed E-state index contributed by atoms with van der Waals surface area (Å²) in [4.78, 5) is 40.2. The number of ether oxygens (including phenoxy) is 4. The van der Waals surface area contributed by atoms with E-state index in [0.717, 1.165) is 27.8 Å². The van der Waals surface area contributed by atoms with E-state index in [-0.39, 0.29) is 49.2 Å². The van der Waals surface area contributed by atoms with Crippen LogP contribution in [0.5, 0.6) is 11.5 Å². The Morgan fingerprint density at radius 2 is 1.42 bits per heavy atom. The predicted octanol–water partition coefficient (Wildman–Crippen LogP) is 10.8. The molecule has 1 aliphatic rings. The van der Waals surface area contributed by atoms with Crippen molar-refractivity contribution in [2.75, 3.05) is 32.8 Å². The second-order valence-corrected chi connectivity index (χ2v) is 19.7. The molecular formula is C57H62N7O8P. The first-order chi connectivity index (χ1) is 35.5. The van der Waals surface area contributed by atoms with E-state index in [1.165, 1.54) is 6.33 Å². The van der Waals surface area contributed by atoms with Gasteiger partial charge >= 0.3 is 0 Å². The normalized spacial score (nSPS) is 16.2. The first-order valence-corrected chi connectivity index (χ1v) is 25.7. The molecule has 16 heteroatoms. The highest BCUT2D eigenvalue weighted by Crippen LogP contribution is 2.51. The van der Waals surface area contributed by atoms with E-state index in [4.69, 9.17) is 33.0 Å². The molecule has 15 nitrogen and oxygen atoms in total. The molecule has 1 fully saturated rings. The van der Waals surface area contributed by atoms with Crippen molar-refractivity contribution in [3.8, 4) is 17.6 Å². The number of nitrogens with zero attached hydrogens (tertiary/aromatic N) is 6. The number of methoxy groups -OCH3 is 2. The van der Waals surface area contributed by atoms with E-state index in [0.29, 0.717) is 53.9 Å². The lowest BCUT2D eigenvalue weighted by molar-refractivity contribution is -0.118. The van der Waals surface area contributed by atoms with Crippen molar-refractivity contribution in [2.45, 2.75) is 95.9 Å². The second-order valence-electron chi connectivity index (χ2n) is 18.3. The number of benzene rings is 5. The lowest BCUT2D eigenvalue weighted by atomic mass is 9.80. The van der Waals surface area contributed by atoms with E-state index < -0.39 is 32.6 Å². The van der Waals surface area contributed by atoms with E-state index in [1.807, 2.05) is 126 Å². The Labute approximate surface area is 428 Å². The SMILES string of the molecule is COc1ccc(C(OC[C@H]2O[C@@H](n3cnc4c(NC(=O)c5ccc(CCC(=O)Cc6ccccc6)cc5)ncnc43)C[C@@H]2OP(OCCC#N)N(C(C)C)C(C)C)(c2ccccc2)c2ccc(OC)cc2)cc1. The average molecular weight is 1000 g/mol. The molecule has 8 rings (SSSR count). The molecule has 2 aromatic heterocycles. The monoisotopic (exact) mass is 1000 g/mol. The third-order valence-corrected chi connectivity index (χ3v) is 14.9. The molecule has 3 heterocycles. The first-order valence-electron chi connectivity index (χ1n) is 24.5. The number of aryl methyl sites for hydroxylation is 1. The van der Waals surface area contributed by atoms with Gasteiger partial charge in [-0.15, -0.1) is 0 Å². The number of carbonyl (C=O) groups is 2. The van der Waals surface area contributed by atoms with Crippen molar-refractivity contribution in [1.82, 2.24) is 24.2 Å². The van der Waals surface area contributed by atoms with Gasteiger partial charge in [-0.05, 0) is 98.3 Å². The summed E-state index contributed by atoms with van der Waals surface area (Å²) in [5.41, 5.74) is 4.65. The van der Waals surface area contributed by atoms with Gasteiger partial charge in [0.25, 0.3) is 14.4 Å². The van der Waals surface area contributed by atoms with Crippen LogP contribution < -0.4 is 14.8 Å². The second kappa shape index (κ2) is 24.7. The number of ketones is 1. The summed E-state index contributed by atoms with van der Waals surface area (Å²) in [6.45, 7) is 8.64. The molecular weight excluding hydrogens is 942 g/mol. The van der Waals surface area contributed by atoms with Crippen molar-refractivity contribution in [3.05, 3.63) is 179 Å². The number of amides is 1. The van der Waals surface area contributed by atoms with Crippen LogP contribution in [0, 0.1) is 11.3 Å². The first kappa shape index (κ1) is 52.4. The van der Waals surface area contributed by atoms with Crippen LogP contribution >= 0.6 is 8.53 Å². The van der Waals surface area contributed by atoms with Crippen molar-refractivity contribution >= 4 is 37.2 Å². The Bertz CT molecular complexity index is 2880. The Kier molecular flexibility index (Phi) is 17.7. The average Bonchev–Trinajstić information content (AvgIpc) is 4.03. The van der Waals surface area contributed by atoms with Crippen LogP contribution in [0.1, 0.15) is 91.4 Å². The minimum Gasteiger partial charge on any atom is -0.497 e. The number of aromatic nitrogens is 4. The number of nitrogens with one attached hydrogen (secondary N) is 1. The summed E-state index contributed by atoms with van der Waals surface area (Å²) < 4.78 is 43.2. The van der Waals surface area contributed by atoms with Gasteiger partial charge in [-0.3, -0.25) is 14.2 Å². The van der Waals surface area contributed by atoms with Crippen LogP contribution in [0.25, 0.3) is 11.2 Å². The van der Waals surface area contributed by atoms with Gasteiger partial charge in [0.1, 0.15) is 41.5 Å². The topological polar surface area (TPSA) is 172 Å². The molecule has 73 heavy (non-hydrogen) atoms. The largest absolute Gasteiger partial charge is 0.497 e. The molecule has 378 valence electrons. The number of fused-ring (bicyclic) bond motifs is 1. The summed E-state index contributed by atoms with van der Waals surface area (Å²) >= 11 is 0. The molecule has 0 bridgehead atoms. The maximum absolute atomic E-state index is 13.7. The smallest absolute Gasteiger partial charge is 0.259 e. The number of hydrogen-bond donors (Lipinski definition) is 1. The van der Waals surface area contributed by atoms with Gasteiger partial charge in [-0.1, -0.05) is 97.1 Å². The van der Waals surface area contributed by atoms with Gasteiger partial charge in [-0.2, -0.15) is 5.26 Å². The summed E-state index contributed by atoms with van der Waals surface area (Å²) in [6.07, 6.45) is 3.05. The number of anilines is 1. The molecule has 0 spiro atoms. The summed E-state index contributed by atoms with van der Waals surface area (Å²) in [5, 5.41) is 12.4. The number of rotatable bonds is 24. The summed E-state index contributed by atoms with van der Waals surface area (Å²) in [5.74, 6) is 1.43. The van der Waals surface area contributed by atoms with Crippen LogP contribution in [-0.2, 0) is 41.8 Å². The van der Waals surface area contributed by atoms with Gasteiger partial charge in [0.15, 0.2) is 17.0 Å². The summed E-state index contributed by atoms with van der Waals surface area (Å²) in [6, 6.07) is 45.0. The van der Waals surface area contributed by atoms with Crippen molar-refractivity contribution in [3.63, 3.8) is 0 Å². The Balaban J connectivity index is 1.08. The fourth-order valence-electron chi connectivity index (χ4n) is 9.18. The molecule has 0 saturated carbocycles. The van der Waals surface area contributed by atoms with Crippen molar-refractivity contribution in [2.24, 2.45) is 0 Å². The number of carbonyl (C=O) groups excluding carboxylic acids is 2. The lowest BCUT2D eigenvalue weighted by Gasteiger charge is -2.39. The highest BCUT2D eigenvalue weighted by Gasteiger charge is 2.45. The van der Waals surface area contributed by atoms with Gasteiger partial charge in [-0.25, -0.2) is 19.6 Å². The van der Waals surface area contributed by atoms with Crippen molar-refractivity contribution < 1.29 is 37.6 Å². The highest BCUT2D eigenvalue weighted by atomic mass is 31.2. The maximum atomic E-state index is 13.7. The van der Waals surface area contributed by atoms with Crippen molar-refractivity contribution in [1.29, 1.82) is 5.26 Å². The fourth-order valence-corrected chi connectivity index (χ4v) is 10.9. The fraction of sp³-hybridized carbons (Fsp3) is 0.333. The molecule has 1 amide bonds. The minimum atomic E-state index is -1.69. The highest BCUT2D eigenvalue weighted by molar-refractivity contribution is 7.44.